The van der Waals surface area contributed by atoms with Crippen LogP contribution in [0.1, 0.15) is 44.9 Å². The van der Waals surface area contributed by atoms with Gasteiger partial charge in [-0.25, -0.2) is 0 Å². The zero-order chi connectivity index (χ0) is 20.5. The molecule has 1 saturated heterocycles. The van der Waals surface area contributed by atoms with Crippen LogP contribution in [0.3, 0.4) is 0 Å². The number of fused-ring (bicyclic) bond motifs is 4. The number of carbonyl (C=O) groups is 1. The van der Waals surface area contributed by atoms with E-state index in [-0.39, 0.29) is 17.0 Å². The summed E-state index contributed by atoms with van der Waals surface area (Å²) < 4.78 is 0. The number of nitrogens with one attached hydrogen (secondary N) is 1. The van der Waals surface area contributed by atoms with Crippen molar-refractivity contribution >= 4 is 29.3 Å². The summed E-state index contributed by atoms with van der Waals surface area (Å²) in [4.78, 5) is 27.9. The predicted octanol–water partition coefficient (Wildman–Crippen LogP) is 4.36. The van der Waals surface area contributed by atoms with E-state index in [0.29, 0.717) is 23.7 Å². The Balaban J connectivity index is 1.28. The van der Waals surface area contributed by atoms with Crippen molar-refractivity contribution in [3.63, 3.8) is 0 Å². The van der Waals surface area contributed by atoms with E-state index in [1.54, 1.807) is 6.08 Å². The molecule has 2 heterocycles. The summed E-state index contributed by atoms with van der Waals surface area (Å²) in [7, 11) is 0. The largest absolute Gasteiger partial charge is 0.354 e. The molecule has 3 atom stereocenters. The Kier molecular flexibility index (Phi) is 5.59. The van der Waals surface area contributed by atoms with Crippen LogP contribution in [0, 0.1) is 17.8 Å². The molecule has 1 N–H and O–H groups in total. The van der Waals surface area contributed by atoms with E-state index in [1.807, 2.05) is 6.08 Å². The predicted molar refractivity (Wildman–Crippen MR) is 119 cm³/mol. The molecule has 158 valence electrons. The number of hydrogen-bond acceptors (Lipinski definition) is 6. The number of ketones is 1. The third-order valence-corrected chi connectivity index (χ3v) is 7.04. The normalized spacial score (nSPS) is 28.0. The highest BCUT2D eigenvalue weighted by molar-refractivity contribution is 6.28. The summed E-state index contributed by atoms with van der Waals surface area (Å²) in [6.45, 7) is 2.50. The molecule has 2 fully saturated rings. The molecule has 4 aliphatic rings. The van der Waals surface area contributed by atoms with Crippen LogP contribution >= 0.6 is 11.6 Å². The Hall–Kier alpha value is -2.21. The molecule has 5 rings (SSSR count). The van der Waals surface area contributed by atoms with Gasteiger partial charge in [0.15, 0.2) is 5.78 Å². The number of halogens is 1. The maximum atomic E-state index is 12.3. The molecule has 0 amide bonds. The van der Waals surface area contributed by atoms with E-state index < -0.39 is 0 Å². The third-order valence-electron chi connectivity index (χ3n) is 6.87. The second-order valence-electron chi connectivity index (χ2n) is 8.93. The van der Waals surface area contributed by atoms with Gasteiger partial charge in [-0.15, -0.1) is 0 Å². The minimum Gasteiger partial charge on any atom is -0.354 e. The van der Waals surface area contributed by atoms with Gasteiger partial charge in [-0.3, -0.25) is 4.79 Å². The highest BCUT2D eigenvalue weighted by Gasteiger charge is 2.41. The van der Waals surface area contributed by atoms with Gasteiger partial charge >= 0.3 is 0 Å². The molecular weight excluding hydrogens is 398 g/mol. The molecule has 0 radical (unpaired) electrons. The Morgan fingerprint density at radius 3 is 2.97 bits per heavy atom. The van der Waals surface area contributed by atoms with Crippen LogP contribution in [0.4, 0.5) is 11.9 Å². The van der Waals surface area contributed by atoms with Crippen molar-refractivity contribution in [3.8, 4) is 0 Å². The topological polar surface area (TPSA) is 71.0 Å². The molecule has 6 nitrogen and oxygen atoms in total. The van der Waals surface area contributed by atoms with Crippen molar-refractivity contribution in [2.75, 3.05) is 29.9 Å². The lowest BCUT2D eigenvalue weighted by atomic mass is 9.66. The standard InChI is InChI=1S/C23H28ClN5O/c24-21-26-22(25-10-9-15-5-2-1-3-6-15)28-23(27-21)29-13-16-11-17(14-29)18-7-4-8-20(30)19(18)12-16/h4-5,7-8,16-17,19H,1-3,6,9-14H2,(H,25,26,27,28). The molecule has 0 aromatic carbocycles. The van der Waals surface area contributed by atoms with Crippen molar-refractivity contribution in [3.05, 3.63) is 40.7 Å². The Bertz CT molecular complexity index is 924. The Morgan fingerprint density at radius 2 is 2.10 bits per heavy atom. The van der Waals surface area contributed by atoms with E-state index in [2.05, 4.69) is 37.3 Å². The monoisotopic (exact) mass is 425 g/mol. The average molecular weight is 426 g/mol. The van der Waals surface area contributed by atoms with Gasteiger partial charge in [0.25, 0.3) is 0 Å². The molecule has 1 aromatic rings. The minimum absolute atomic E-state index is 0.0779. The number of allylic oxidation sites excluding steroid dienone is 4. The summed E-state index contributed by atoms with van der Waals surface area (Å²) in [5.41, 5.74) is 2.81. The lowest BCUT2D eigenvalue weighted by Crippen LogP contribution is -2.48. The Labute approximate surface area is 182 Å². The molecule has 3 unspecified atom stereocenters. The van der Waals surface area contributed by atoms with Gasteiger partial charge in [-0.2, -0.15) is 15.0 Å². The summed E-state index contributed by atoms with van der Waals surface area (Å²) in [5, 5.41) is 3.56. The molecule has 0 spiro atoms. The average Bonchev–Trinajstić information content (AvgIpc) is 2.75. The van der Waals surface area contributed by atoms with E-state index in [1.165, 1.54) is 36.8 Å². The number of aromatic nitrogens is 3. The molecule has 7 heteroatoms. The molecule has 2 bridgehead atoms. The number of anilines is 2. The van der Waals surface area contributed by atoms with Crippen molar-refractivity contribution in [2.45, 2.75) is 44.9 Å². The molecule has 3 aliphatic carbocycles. The number of hydrogen-bond donors (Lipinski definition) is 1. The highest BCUT2D eigenvalue weighted by atomic mass is 35.5. The van der Waals surface area contributed by atoms with Gasteiger partial charge in [0, 0.05) is 25.6 Å². The van der Waals surface area contributed by atoms with Crippen molar-refractivity contribution in [1.82, 2.24) is 15.0 Å². The van der Waals surface area contributed by atoms with Gasteiger partial charge in [0.05, 0.1) is 0 Å². The van der Waals surface area contributed by atoms with E-state index >= 15 is 0 Å². The summed E-state index contributed by atoms with van der Waals surface area (Å²) >= 11 is 6.24. The van der Waals surface area contributed by atoms with Gasteiger partial charge in [-0.1, -0.05) is 29.4 Å². The van der Waals surface area contributed by atoms with Gasteiger partial charge in [0.1, 0.15) is 0 Å². The Morgan fingerprint density at radius 1 is 1.17 bits per heavy atom. The fourth-order valence-electron chi connectivity index (χ4n) is 5.46. The number of carbonyl (C=O) groups excluding carboxylic acids is 1. The van der Waals surface area contributed by atoms with Gasteiger partial charge in [0.2, 0.25) is 17.2 Å². The van der Waals surface area contributed by atoms with Crippen LogP contribution in [0.15, 0.2) is 35.5 Å². The number of nitrogens with zero attached hydrogens (tertiary/aromatic N) is 4. The first-order valence-electron chi connectivity index (χ1n) is 11.2. The second-order valence-corrected chi connectivity index (χ2v) is 9.27. The quantitative estimate of drug-likeness (QED) is 0.707. The molecule has 30 heavy (non-hydrogen) atoms. The van der Waals surface area contributed by atoms with Crippen LogP contribution in [0.5, 0.6) is 0 Å². The van der Waals surface area contributed by atoms with Crippen LogP contribution in [0.2, 0.25) is 5.28 Å². The van der Waals surface area contributed by atoms with Crippen LogP contribution < -0.4 is 10.2 Å². The number of rotatable bonds is 5. The van der Waals surface area contributed by atoms with Gasteiger partial charge < -0.3 is 10.2 Å². The van der Waals surface area contributed by atoms with Gasteiger partial charge in [-0.05, 0) is 74.5 Å². The second kappa shape index (κ2) is 8.50. The number of piperidine rings is 1. The molecule has 1 aliphatic heterocycles. The molecular formula is C23H28ClN5O. The van der Waals surface area contributed by atoms with E-state index in [4.69, 9.17) is 11.6 Å². The zero-order valence-corrected chi connectivity index (χ0v) is 17.9. The molecule has 1 aromatic heterocycles. The first kappa shape index (κ1) is 19.7. The van der Waals surface area contributed by atoms with Crippen molar-refractivity contribution in [2.24, 2.45) is 17.8 Å². The maximum absolute atomic E-state index is 12.3. The third kappa shape index (κ3) is 4.15. The summed E-state index contributed by atoms with van der Waals surface area (Å²) in [6, 6.07) is 0. The van der Waals surface area contributed by atoms with E-state index in [9.17, 15) is 4.79 Å². The zero-order valence-electron chi connectivity index (χ0n) is 17.2. The highest BCUT2D eigenvalue weighted by Crippen LogP contribution is 2.44. The summed E-state index contributed by atoms with van der Waals surface area (Å²) in [6.07, 6.45) is 16.2. The SMILES string of the molecule is O=C1C=CC=C2C3CC(CC12)CN(c1nc(Cl)nc(NCCC2=CCCCC2)n1)C3. The fraction of sp³-hybridized carbons (Fsp3) is 0.565. The summed E-state index contributed by atoms with van der Waals surface area (Å²) in [5.74, 6) is 2.38. The lowest BCUT2D eigenvalue weighted by Gasteiger charge is -2.45. The van der Waals surface area contributed by atoms with Crippen LogP contribution in [0.25, 0.3) is 0 Å². The smallest absolute Gasteiger partial charge is 0.231 e. The van der Waals surface area contributed by atoms with Crippen LogP contribution in [-0.2, 0) is 4.79 Å². The van der Waals surface area contributed by atoms with E-state index in [0.717, 1.165) is 38.9 Å². The van der Waals surface area contributed by atoms with Crippen molar-refractivity contribution < 1.29 is 4.79 Å². The fourth-order valence-corrected chi connectivity index (χ4v) is 5.62. The molecule has 1 saturated carbocycles. The first-order valence-corrected chi connectivity index (χ1v) is 11.5. The lowest BCUT2D eigenvalue weighted by molar-refractivity contribution is -0.118. The van der Waals surface area contributed by atoms with Crippen LogP contribution in [-0.4, -0.2) is 40.4 Å². The first-order chi connectivity index (χ1) is 14.7. The minimum atomic E-state index is 0.0779. The maximum Gasteiger partial charge on any atom is 0.231 e. The van der Waals surface area contributed by atoms with Crippen molar-refractivity contribution in [1.29, 1.82) is 0 Å².